The first-order valence-electron chi connectivity index (χ1n) is 4.26. The molecule has 0 radical (unpaired) electrons. The molecule has 66 valence electrons. The van der Waals surface area contributed by atoms with Crippen molar-refractivity contribution in [2.24, 2.45) is 0 Å². The molecule has 0 heterocycles. The average molecular weight is 164 g/mol. The highest BCUT2D eigenvalue weighted by molar-refractivity contribution is 5.62. The first-order valence-corrected chi connectivity index (χ1v) is 4.26. The van der Waals surface area contributed by atoms with Crippen LogP contribution in [0, 0.1) is 13.8 Å². The van der Waals surface area contributed by atoms with E-state index in [9.17, 15) is 0 Å². The highest BCUT2D eigenvalue weighted by Gasteiger charge is 2.01. The molecule has 0 fully saturated rings. The Morgan fingerprint density at radius 1 is 1.25 bits per heavy atom. The third-order valence-electron chi connectivity index (χ3n) is 2.20. The molecular formula is C10H16N2. The molecule has 0 amide bonds. The van der Waals surface area contributed by atoms with Crippen LogP contribution in [0.3, 0.4) is 0 Å². The topological polar surface area (TPSA) is 38.0 Å². The fraction of sp³-hybridized carbons (Fsp3) is 0.400. The Bertz CT molecular complexity index is 279. The SMILES string of the molecule is CCNc1ccc(N)c(C)c1C. The second kappa shape index (κ2) is 3.48. The summed E-state index contributed by atoms with van der Waals surface area (Å²) in [4.78, 5) is 0. The normalized spacial score (nSPS) is 9.92. The molecule has 0 aliphatic rings. The predicted molar refractivity (Wildman–Crippen MR) is 54.5 cm³/mol. The van der Waals surface area contributed by atoms with Gasteiger partial charge in [-0.1, -0.05) is 0 Å². The zero-order valence-electron chi connectivity index (χ0n) is 7.94. The number of benzene rings is 1. The van der Waals surface area contributed by atoms with E-state index in [-0.39, 0.29) is 0 Å². The largest absolute Gasteiger partial charge is 0.399 e. The number of hydrogen-bond donors (Lipinski definition) is 2. The van der Waals surface area contributed by atoms with E-state index >= 15 is 0 Å². The van der Waals surface area contributed by atoms with E-state index < -0.39 is 0 Å². The summed E-state index contributed by atoms with van der Waals surface area (Å²) in [5, 5.41) is 3.29. The summed E-state index contributed by atoms with van der Waals surface area (Å²) < 4.78 is 0. The minimum Gasteiger partial charge on any atom is -0.399 e. The van der Waals surface area contributed by atoms with Crippen molar-refractivity contribution in [3.63, 3.8) is 0 Å². The molecular weight excluding hydrogens is 148 g/mol. The van der Waals surface area contributed by atoms with Crippen LogP contribution < -0.4 is 11.1 Å². The van der Waals surface area contributed by atoms with Gasteiger partial charge in [0.1, 0.15) is 0 Å². The number of rotatable bonds is 2. The number of anilines is 2. The first-order chi connectivity index (χ1) is 5.66. The maximum Gasteiger partial charge on any atom is 0.0373 e. The number of hydrogen-bond acceptors (Lipinski definition) is 2. The van der Waals surface area contributed by atoms with Crippen molar-refractivity contribution in [3.05, 3.63) is 23.3 Å². The van der Waals surface area contributed by atoms with Crippen LogP contribution in [-0.4, -0.2) is 6.54 Å². The summed E-state index contributed by atoms with van der Waals surface area (Å²) >= 11 is 0. The summed E-state index contributed by atoms with van der Waals surface area (Å²) in [5.74, 6) is 0. The van der Waals surface area contributed by atoms with Crippen LogP contribution in [0.25, 0.3) is 0 Å². The van der Waals surface area contributed by atoms with Crippen LogP contribution in [0.2, 0.25) is 0 Å². The predicted octanol–water partition coefficient (Wildman–Crippen LogP) is 2.32. The molecule has 0 unspecified atom stereocenters. The van der Waals surface area contributed by atoms with Crippen LogP contribution >= 0.6 is 0 Å². The van der Waals surface area contributed by atoms with E-state index in [1.165, 1.54) is 16.8 Å². The molecule has 12 heavy (non-hydrogen) atoms. The number of nitrogens with two attached hydrogens (primary N) is 1. The molecule has 1 aromatic carbocycles. The summed E-state index contributed by atoms with van der Waals surface area (Å²) in [6.07, 6.45) is 0. The number of nitrogen functional groups attached to an aromatic ring is 1. The molecule has 0 aromatic heterocycles. The Kier molecular flexibility index (Phi) is 2.58. The van der Waals surface area contributed by atoms with E-state index in [1.54, 1.807) is 0 Å². The summed E-state index contributed by atoms with van der Waals surface area (Å²) in [7, 11) is 0. The van der Waals surface area contributed by atoms with Gasteiger partial charge in [-0.15, -0.1) is 0 Å². The van der Waals surface area contributed by atoms with Crippen molar-refractivity contribution in [3.8, 4) is 0 Å². The van der Waals surface area contributed by atoms with Gasteiger partial charge < -0.3 is 11.1 Å². The lowest BCUT2D eigenvalue weighted by Gasteiger charge is -2.11. The van der Waals surface area contributed by atoms with Gasteiger partial charge in [-0.3, -0.25) is 0 Å². The zero-order valence-corrected chi connectivity index (χ0v) is 7.94. The molecule has 0 aliphatic carbocycles. The van der Waals surface area contributed by atoms with Crippen molar-refractivity contribution in [2.75, 3.05) is 17.6 Å². The molecule has 0 saturated carbocycles. The molecule has 0 saturated heterocycles. The Hall–Kier alpha value is -1.18. The first kappa shape index (κ1) is 8.91. The van der Waals surface area contributed by atoms with Crippen LogP contribution in [-0.2, 0) is 0 Å². The molecule has 1 aromatic rings. The van der Waals surface area contributed by atoms with Gasteiger partial charge >= 0.3 is 0 Å². The molecule has 0 bridgehead atoms. The fourth-order valence-corrected chi connectivity index (χ4v) is 1.22. The maximum absolute atomic E-state index is 5.76. The van der Waals surface area contributed by atoms with Gasteiger partial charge in [0, 0.05) is 17.9 Å². The summed E-state index contributed by atoms with van der Waals surface area (Å²) in [6.45, 7) is 7.17. The highest BCUT2D eigenvalue weighted by Crippen LogP contribution is 2.22. The molecule has 1 rings (SSSR count). The Balaban J connectivity index is 3.08. The number of nitrogens with one attached hydrogen (secondary N) is 1. The standard InChI is InChI=1S/C10H16N2/c1-4-12-10-6-5-9(11)7(2)8(10)3/h5-6,12H,4,11H2,1-3H3. The quantitative estimate of drug-likeness (QED) is 0.658. The van der Waals surface area contributed by atoms with Gasteiger partial charge in [0.15, 0.2) is 0 Å². The Morgan fingerprint density at radius 2 is 1.92 bits per heavy atom. The van der Waals surface area contributed by atoms with Crippen LogP contribution in [0.4, 0.5) is 11.4 Å². The Morgan fingerprint density at radius 3 is 2.50 bits per heavy atom. The van der Waals surface area contributed by atoms with Gasteiger partial charge in [0.25, 0.3) is 0 Å². The van der Waals surface area contributed by atoms with E-state index in [2.05, 4.69) is 19.2 Å². The van der Waals surface area contributed by atoms with Crippen molar-refractivity contribution in [2.45, 2.75) is 20.8 Å². The van der Waals surface area contributed by atoms with Gasteiger partial charge in [-0.05, 0) is 44.0 Å². The van der Waals surface area contributed by atoms with Crippen molar-refractivity contribution >= 4 is 11.4 Å². The maximum atomic E-state index is 5.76. The zero-order chi connectivity index (χ0) is 9.14. The second-order valence-corrected chi connectivity index (χ2v) is 2.98. The highest BCUT2D eigenvalue weighted by atomic mass is 14.9. The minimum absolute atomic E-state index is 0.870. The van der Waals surface area contributed by atoms with E-state index in [4.69, 9.17) is 5.73 Å². The second-order valence-electron chi connectivity index (χ2n) is 2.98. The van der Waals surface area contributed by atoms with Gasteiger partial charge in [0.05, 0.1) is 0 Å². The fourth-order valence-electron chi connectivity index (χ4n) is 1.22. The minimum atomic E-state index is 0.870. The molecule has 0 atom stereocenters. The third-order valence-corrected chi connectivity index (χ3v) is 2.20. The monoisotopic (exact) mass is 164 g/mol. The van der Waals surface area contributed by atoms with Crippen LogP contribution in [0.5, 0.6) is 0 Å². The van der Waals surface area contributed by atoms with Gasteiger partial charge in [0.2, 0.25) is 0 Å². The Labute approximate surface area is 73.8 Å². The van der Waals surface area contributed by atoms with E-state index in [0.717, 1.165) is 12.2 Å². The van der Waals surface area contributed by atoms with Crippen molar-refractivity contribution in [1.82, 2.24) is 0 Å². The molecule has 0 aliphatic heterocycles. The van der Waals surface area contributed by atoms with Crippen LogP contribution in [0.1, 0.15) is 18.1 Å². The molecule has 2 nitrogen and oxygen atoms in total. The van der Waals surface area contributed by atoms with Gasteiger partial charge in [-0.2, -0.15) is 0 Å². The van der Waals surface area contributed by atoms with Crippen LogP contribution in [0.15, 0.2) is 12.1 Å². The van der Waals surface area contributed by atoms with Crippen molar-refractivity contribution < 1.29 is 0 Å². The lowest BCUT2D eigenvalue weighted by molar-refractivity contribution is 1.19. The van der Waals surface area contributed by atoms with Gasteiger partial charge in [-0.25, -0.2) is 0 Å². The average Bonchev–Trinajstić information content (AvgIpc) is 2.07. The van der Waals surface area contributed by atoms with E-state index in [1.807, 2.05) is 19.1 Å². The summed E-state index contributed by atoms with van der Waals surface area (Å²) in [5.41, 5.74) is 10.2. The molecule has 2 heteroatoms. The lowest BCUT2D eigenvalue weighted by atomic mass is 10.1. The smallest absolute Gasteiger partial charge is 0.0373 e. The molecule has 0 spiro atoms. The van der Waals surface area contributed by atoms with E-state index in [0.29, 0.717) is 0 Å². The molecule has 3 N–H and O–H groups in total. The third kappa shape index (κ3) is 1.52. The van der Waals surface area contributed by atoms with Crippen molar-refractivity contribution in [1.29, 1.82) is 0 Å². The summed E-state index contributed by atoms with van der Waals surface area (Å²) in [6, 6.07) is 3.97. The lowest BCUT2D eigenvalue weighted by Crippen LogP contribution is -2.01.